The van der Waals surface area contributed by atoms with Gasteiger partial charge in [-0.05, 0) is 36.8 Å². The summed E-state index contributed by atoms with van der Waals surface area (Å²) >= 11 is 0. The van der Waals surface area contributed by atoms with Gasteiger partial charge < -0.3 is 10.1 Å². The van der Waals surface area contributed by atoms with Crippen LogP contribution in [0.25, 0.3) is 6.08 Å². The van der Waals surface area contributed by atoms with Gasteiger partial charge in [-0.3, -0.25) is 0 Å². The second-order valence-electron chi connectivity index (χ2n) is 4.77. The first-order valence-corrected chi connectivity index (χ1v) is 6.75. The summed E-state index contributed by atoms with van der Waals surface area (Å²) in [6, 6.07) is 13.8. The molecule has 2 aromatic carbocycles. The fourth-order valence-electron chi connectivity index (χ4n) is 1.82. The third-order valence-electron chi connectivity index (χ3n) is 2.90. The molecule has 0 aliphatic carbocycles. The Balaban J connectivity index is 1.84. The third kappa shape index (κ3) is 5.52. The van der Waals surface area contributed by atoms with Gasteiger partial charge >= 0.3 is 6.36 Å². The van der Waals surface area contributed by atoms with E-state index in [1.165, 1.54) is 17.7 Å². The van der Waals surface area contributed by atoms with Crippen LogP contribution in [0.1, 0.15) is 11.1 Å². The zero-order valence-electron chi connectivity index (χ0n) is 12.0. The highest BCUT2D eigenvalue weighted by atomic mass is 19.4. The van der Waals surface area contributed by atoms with Gasteiger partial charge in [0.1, 0.15) is 5.75 Å². The Morgan fingerprint density at radius 1 is 1.00 bits per heavy atom. The number of nitrogens with one attached hydrogen (secondary N) is 1. The highest BCUT2D eigenvalue weighted by molar-refractivity contribution is 5.52. The van der Waals surface area contributed by atoms with Crippen molar-refractivity contribution in [3.05, 3.63) is 65.7 Å². The van der Waals surface area contributed by atoms with Gasteiger partial charge in [-0.1, -0.05) is 42.0 Å². The molecule has 22 heavy (non-hydrogen) atoms. The number of aryl methyl sites for hydroxylation is 1. The van der Waals surface area contributed by atoms with Crippen molar-refractivity contribution in [2.75, 3.05) is 11.9 Å². The van der Waals surface area contributed by atoms with Gasteiger partial charge in [0.15, 0.2) is 0 Å². The maximum atomic E-state index is 12.0. The Hall–Kier alpha value is -2.43. The van der Waals surface area contributed by atoms with Crippen LogP contribution in [0.15, 0.2) is 54.6 Å². The first-order chi connectivity index (χ1) is 10.4. The number of ether oxygens (including phenoxy) is 1. The molecule has 0 aromatic heterocycles. The van der Waals surface area contributed by atoms with Gasteiger partial charge in [0.05, 0.1) is 0 Å². The molecule has 0 amide bonds. The van der Waals surface area contributed by atoms with Crippen LogP contribution in [0.5, 0.6) is 5.75 Å². The lowest BCUT2D eigenvalue weighted by Gasteiger charge is -2.08. The summed E-state index contributed by atoms with van der Waals surface area (Å²) in [5, 5.41) is 3.22. The summed E-state index contributed by atoms with van der Waals surface area (Å²) in [7, 11) is 0. The molecular formula is C17H16F3NO. The van der Waals surface area contributed by atoms with E-state index in [0.29, 0.717) is 6.54 Å². The SMILES string of the molecule is Cc1ccc(NC/C=C/c2ccc(OC(F)(F)F)cc2)cc1. The Kier molecular flexibility index (Phi) is 5.09. The van der Waals surface area contributed by atoms with E-state index >= 15 is 0 Å². The zero-order valence-corrected chi connectivity index (χ0v) is 12.0. The molecule has 0 saturated heterocycles. The van der Waals surface area contributed by atoms with Crippen LogP contribution < -0.4 is 10.1 Å². The molecule has 116 valence electrons. The standard InChI is InChI=1S/C17H16F3NO/c1-13-4-8-15(9-5-13)21-12-2-3-14-6-10-16(11-7-14)22-17(18,19)20/h2-11,21H,12H2,1H3/b3-2+. The van der Waals surface area contributed by atoms with Gasteiger partial charge in [0.25, 0.3) is 0 Å². The van der Waals surface area contributed by atoms with E-state index in [1.807, 2.05) is 43.3 Å². The van der Waals surface area contributed by atoms with Crippen molar-refractivity contribution in [2.24, 2.45) is 0 Å². The molecule has 2 rings (SSSR count). The number of benzene rings is 2. The topological polar surface area (TPSA) is 21.3 Å². The normalized spacial score (nSPS) is 11.6. The number of halogens is 3. The minimum absolute atomic E-state index is 0.220. The molecule has 0 fully saturated rings. The molecular weight excluding hydrogens is 291 g/mol. The lowest BCUT2D eigenvalue weighted by molar-refractivity contribution is -0.274. The molecule has 0 aliphatic heterocycles. The maximum Gasteiger partial charge on any atom is 0.573 e. The molecule has 0 bridgehead atoms. The van der Waals surface area contributed by atoms with Crippen molar-refractivity contribution >= 4 is 11.8 Å². The Morgan fingerprint density at radius 3 is 2.23 bits per heavy atom. The molecule has 1 N–H and O–H groups in total. The fraction of sp³-hybridized carbons (Fsp3) is 0.176. The number of hydrogen-bond donors (Lipinski definition) is 1. The molecule has 2 nitrogen and oxygen atoms in total. The Morgan fingerprint density at radius 2 is 1.64 bits per heavy atom. The van der Waals surface area contributed by atoms with E-state index in [0.717, 1.165) is 11.3 Å². The van der Waals surface area contributed by atoms with Crippen molar-refractivity contribution in [3.63, 3.8) is 0 Å². The van der Waals surface area contributed by atoms with Crippen LogP contribution in [0.2, 0.25) is 0 Å². The summed E-state index contributed by atoms with van der Waals surface area (Å²) in [6.07, 6.45) is -0.923. The largest absolute Gasteiger partial charge is 0.573 e. The van der Waals surface area contributed by atoms with E-state index in [2.05, 4.69) is 10.1 Å². The second-order valence-corrected chi connectivity index (χ2v) is 4.77. The highest BCUT2D eigenvalue weighted by Gasteiger charge is 2.30. The van der Waals surface area contributed by atoms with Crippen molar-refractivity contribution in [3.8, 4) is 5.75 Å². The molecule has 0 heterocycles. The average Bonchev–Trinajstić information content (AvgIpc) is 2.45. The van der Waals surface area contributed by atoms with Gasteiger partial charge in [0.2, 0.25) is 0 Å². The molecule has 5 heteroatoms. The smallest absolute Gasteiger partial charge is 0.406 e. The monoisotopic (exact) mass is 307 g/mol. The molecule has 2 aromatic rings. The van der Waals surface area contributed by atoms with Crippen molar-refractivity contribution in [1.29, 1.82) is 0 Å². The number of alkyl halides is 3. The summed E-state index contributed by atoms with van der Waals surface area (Å²) in [5.41, 5.74) is 3.02. The molecule has 0 saturated carbocycles. The lowest BCUT2D eigenvalue weighted by atomic mass is 10.2. The average molecular weight is 307 g/mol. The lowest BCUT2D eigenvalue weighted by Crippen LogP contribution is -2.16. The third-order valence-corrected chi connectivity index (χ3v) is 2.90. The van der Waals surface area contributed by atoms with Crippen molar-refractivity contribution < 1.29 is 17.9 Å². The van der Waals surface area contributed by atoms with E-state index in [9.17, 15) is 13.2 Å². The molecule has 0 unspecified atom stereocenters. The quantitative estimate of drug-likeness (QED) is 0.837. The second kappa shape index (κ2) is 7.02. The maximum absolute atomic E-state index is 12.0. The van der Waals surface area contributed by atoms with Crippen molar-refractivity contribution in [2.45, 2.75) is 13.3 Å². The van der Waals surface area contributed by atoms with E-state index in [4.69, 9.17) is 0 Å². The van der Waals surface area contributed by atoms with Gasteiger partial charge in [-0.25, -0.2) is 0 Å². The van der Waals surface area contributed by atoms with E-state index in [1.54, 1.807) is 12.1 Å². The number of anilines is 1. The zero-order chi connectivity index (χ0) is 16.0. The van der Waals surface area contributed by atoms with Gasteiger partial charge in [-0.2, -0.15) is 0 Å². The molecule has 0 atom stereocenters. The number of rotatable bonds is 5. The van der Waals surface area contributed by atoms with Crippen LogP contribution in [-0.2, 0) is 0 Å². The van der Waals surface area contributed by atoms with Crippen LogP contribution in [0, 0.1) is 6.92 Å². The summed E-state index contributed by atoms with van der Waals surface area (Å²) < 4.78 is 39.9. The number of hydrogen-bond acceptors (Lipinski definition) is 2. The van der Waals surface area contributed by atoms with E-state index in [-0.39, 0.29) is 5.75 Å². The summed E-state index contributed by atoms with van der Waals surface area (Å²) in [5.74, 6) is -0.220. The molecule has 0 spiro atoms. The summed E-state index contributed by atoms with van der Waals surface area (Å²) in [4.78, 5) is 0. The van der Waals surface area contributed by atoms with Crippen molar-refractivity contribution in [1.82, 2.24) is 0 Å². The summed E-state index contributed by atoms with van der Waals surface area (Å²) in [6.45, 7) is 2.65. The molecule has 0 aliphatic rings. The van der Waals surface area contributed by atoms with Crippen LogP contribution >= 0.6 is 0 Å². The highest BCUT2D eigenvalue weighted by Crippen LogP contribution is 2.22. The van der Waals surface area contributed by atoms with Crippen LogP contribution in [0.3, 0.4) is 0 Å². The minimum Gasteiger partial charge on any atom is -0.406 e. The van der Waals surface area contributed by atoms with E-state index < -0.39 is 6.36 Å². The minimum atomic E-state index is -4.66. The predicted molar refractivity (Wildman–Crippen MR) is 81.8 cm³/mol. The fourth-order valence-corrected chi connectivity index (χ4v) is 1.82. The molecule has 0 radical (unpaired) electrons. The predicted octanol–water partition coefficient (Wildman–Crippen LogP) is 5.02. The Bertz CT molecular complexity index is 616. The first-order valence-electron chi connectivity index (χ1n) is 6.75. The van der Waals surface area contributed by atoms with Gasteiger partial charge in [-0.15, -0.1) is 13.2 Å². The Labute approximate surface area is 127 Å². The van der Waals surface area contributed by atoms with Crippen LogP contribution in [0.4, 0.5) is 18.9 Å². The first kappa shape index (κ1) is 15.9. The van der Waals surface area contributed by atoms with Gasteiger partial charge in [0, 0.05) is 12.2 Å². The van der Waals surface area contributed by atoms with Crippen LogP contribution in [-0.4, -0.2) is 12.9 Å².